The molecule has 0 aliphatic carbocycles. The Morgan fingerprint density at radius 3 is 2.67 bits per heavy atom. The van der Waals surface area contributed by atoms with Crippen LogP contribution in [0.5, 0.6) is 0 Å². The number of alkyl halides is 3. The zero-order valence-corrected chi connectivity index (χ0v) is 14.9. The van der Waals surface area contributed by atoms with E-state index in [1.54, 1.807) is 32.3 Å². The molecule has 3 aromatic heterocycles. The lowest BCUT2D eigenvalue weighted by molar-refractivity contribution is -0.144. The van der Waals surface area contributed by atoms with Crippen molar-refractivity contribution in [3.8, 4) is 0 Å². The second-order valence-corrected chi connectivity index (χ2v) is 6.16. The number of hydrogen-bond acceptors (Lipinski definition) is 5. The van der Waals surface area contributed by atoms with Gasteiger partial charge in [-0.25, -0.2) is 9.50 Å². The van der Waals surface area contributed by atoms with Gasteiger partial charge in [-0.1, -0.05) is 6.07 Å². The Bertz CT molecular complexity index is 984. The van der Waals surface area contributed by atoms with Crippen molar-refractivity contribution in [1.82, 2.24) is 29.9 Å². The molecule has 1 amide bonds. The Hall–Kier alpha value is -3.04. The van der Waals surface area contributed by atoms with E-state index in [1.807, 2.05) is 13.0 Å². The summed E-state index contributed by atoms with van der Waals surface area (Å²) in [5.41, 5.74) is 2.19. The molecule has 10 heteroatoms. The molecule has 3 heterocycles. The summed E-state index contributed by atoms with van der Waals surface area (Å²) in [7, 11) is 0. The lowest BCUT2D eigenvalue weighted by Crippen LogP contribution is -2.29. The highest BCUT2D eigenvalue weighted by molar-refractivity contribution is 5.79. The minimum Gasteiger partial charge on any atom is -0.349 e. The topological polar surface area (TPSA) is 85.1 Å². The quantitative estimate of drug-likeness (QED) is 0.754. The van der Waals surface area contributed by atoms with E-state index >= 15 is 0 Å². The number of carbonyl (C=O) groups is 1. The van der Waals surface area contributed by atoms with Gasteiger partial charge in [0.2, 0.25) is 5.91 Å². The molecule has 3 aromatic rings. The molecule has 0 fully saturated rings. The maximum Gasteiger partial charge on any atom is 0.453 e. The van der Waals surface area contributed by atoms with Gasteiger partial charge in [0.15, 0.2) is 0 Å². The third-order valence-electron chi connectivity index (χ3n) is 4.20. The van der Waals surface area contributed by atoms with Gasteiger partial charge < -0.3 is 5.32 Å². The average Bonchev–Trinajstić information content (AvgIpc) is 3.04. The van der Waals surface area contributed by atoms with Gasteiger partial charge in [0.25, 0.3) is 11.6 Å². The monoisotopic (exact) mass is 378 g/mol. The molecule has 1 atom stereocenters. The SMILES string of the molecule is Cc1nc2nc(C(F)(F)F)nn2c(C)c1CC(=O)N[C@@H](C)c1cccnc1. The van der Waals surface area contributed by atoms with Crippen LogP contribution in [-0.2, 0) is 17.4 Å². The summed E-state index contributed by atoms with van der Waals surface area (Å²) in [6.45, 7) is 5.04. The highest BCUT2D eigenvalue weighted by Crippen LogP contribution is 2.27. The van der Waals surface area contributed by atoms with Crippen LogP contribution in [0.2, 0.25) is 0 Å². The molecule has 7 nitrogen and oxygen atoms in total. The zero-order chi connectivity index (χ0) is 19.8. The van der Waals surface area contributed by atoms with E-state index in [2.05, 4.69) is 25.4 Å². The summed E-state index contributed by atoms with van der Waals surface area (Å²) in [6, 6.07) is 3.36. The van der Waals surface area contributed by atoms with Gasteiger partial charge in [-0.15, -0.1) is 5.10 Å². The van der Waals surface area contributed by atoms with Crippen LogP contribution < -0.4 is 5.32 Å². The van der Waals surface area contributed by atoms with Gasteiger partial charge >= 0.3 is 6.18 Å². The van der Waals surface area contributed by atoms with Crippen molar-refractivity contribution in [2.45, 2.75) is 39.4 Å². The fourth-order valence-corrected chi connectivity index (χ4v) is 2.75. The highest BCUT2D eigenvalue weighted by Gasteiger charge is 2.37. The summed E-state index contributed by atoms with van der Waals surface area (Å²) < 4.78 is 39.5. The summed E-state index contributed by atoms with van der Waals surface area (Å²) in [4.78, 5) is 23.9. The average molecular weight is 378 g/mol. The number of amides is 1. The Kier molecular flexibility index (Phi) is 4.81. The molecule has 0 aliphatic rings. The van der Waals surface area contributed by atoms with Crippen molar-refractivity contribution in [2.24, 2.45) is 0 Å². The van der Waals surface area contributed by atoms with Crippen molar-refractivity contribution >= 4 is 11.7 Å². The number of fused-ring (bicyclic) bond motifs is 1. The minimum atomic E-state index is -4.66. The number of halogens is 3. The van der Waals surface area contributed by atoms with Crippen molar-refractivity contribution in [2.75, 3.05) is 0 Å². The van der Waals surface area contributed by atoms with E-state index in [9.17, 15) is 18.0 Å². The molecule has 27 heavy (non-hydrogen) atoms. The molecule has 0 unspecified atom stereocenters. The van der Waals surface area contributed by atoms with Crippen LogP contribution in [0, 0.1) is 13.8 Å². The number of nitrogens with zero attached hydrogens (tertiary/aromatic N) is 5. The molecule has 0 saturated carbocycles. The van der Waals surface area contributed by atoms with Crippen LogP contribution in [-0.4, -0.2) is 30.5 Å². The maximum atomic E-state index is 12.8. The summed E-state index contributed by atoms with van der Waals surface area (Å²) in [5.74, 6) is -1.69. The maximum absolute atomic E-state index is 12.8. The van der Waals surface area contributed by atoms with Gasteiger partial charge in [-0.3, -0.25) is 9.78 Å². The van der Waals surface area contributed by atoms with Crippen LogP contribution in [0.15, 0.2) is 24.5 Å². The first-order chi connectivity index (χ1) is 12.7. The second kappa shape index (κ2) is 6.93. The number of rotatable bonds is 4. The second-order valence-electron chi connectivity index (χ2n) is 6.16. The predicted octanol–water partition coefficient (Wildman–Crippen LogP) is 2.57. The van der Waals surface area contributed by atoms with Crippen LogP contribution in [0.1, 0.15) is 41.3 Å². The van der Waals surface area contributed by atoms with E-state index in [0.717, 1.165) is 10.1 Å². The summed E-state index contributed by atoms with van der Waals surface area (Å²) >= 11 is 0. The molecule has 3 rings (SSSR count). The number of carbonyl (C=O) groups excluding carboxylic acids is 1. The number of pyridine rings is 1. The minimum absolute atomic E-state index is 0.0353. The van der Waals surface area contributed by atoms with Crippen LogP contribution in [0.25, 0.3) is 5.78 Å². The Morgan fingerprint density at radius 2 is 2.04 bits per heavy atom. The molecular formula is C17H17F3N6O. The highest BCUT2D eigenvalue weighted by atomic mass is 19.4. The number of nitrogens with one attached hydrogen (secondary N) is 1. The molecule has 142 valence electrons. The van der Waals surface area contributed by atoms with Gasteiger partial charge in [0, 0.05) is 29.3 Å². The van der Waals surface area contributed by atoms with Gasteiger partial charge in [-0.2, -0.15) is 18.2 Å². The van der Waals surface area contributed by atoms with E-state index in [1.165, 1.54) is 0 Å². The van der Waals surface area contributed by atoms with Crippen molar-refractivity contribution < 1.29 is 18.0 Å². The number of aromatic nitrogens is 5. The van der Waals surface area contributed by atoms with E-state index in [4.69, 9.17) is 0 Å². The fourth-order valence-electron chi connectivity index (χ4n) is 2.75. The van der Waals surface area contributed by atoms with Gasteiger partial charge in [-0.05, 0) is 32.4 Å². The predicted molar refractivity (Wildman–Crippen MR) is 89.8 cm³/mol. The number of hydrogen-bond donors (Lipinski definition) is 1. The van der Waals surface area contributed by atoms with E-state index in [-0.39, 0.29) is 24.1 Å². The Morgan fingerprint density at radius 1 is 1.30 bits per heavy atom. The zero-order valence-electron chi connectivity index (χ0n) is 14.9. The van der Waals surface area contributed by atoms with Crippen molar-refractivity contribution in [1.29, 1.82) is 0 Å². The third-order valence-corrected chi connectivity index (χ3v) is 4.20. The molecule has 1 N–H and O–H groups in total. The lowest BCUT2D eigenvalue weighted by atomic mass is 10.1. The van der Waals surface area contributed by atoms with Crippen LogP contribution in [0.3, 0.4) is 0 Å². The van der Waals surface area contributed by atoms with E-state index in [0.29, 0.717) is 17.0 Å². The molecule has 0 spiro atoms. The summed E-state index contributed by atoms with van der Waals surface area (Å²) in [5, 5.41) is 6.32. The first-order valence-electron chi connectivity index (χ1n) is 8.16. The molecule has 0 saturated heterocycles. The lowest BCUT2D eigenvalue weighted by Gasteiger charge is -2.15. The summed E-state index contributed by atoms with van der Waals surface area (Å²) in [6.07, 6.45) is -1.40. The largest absolute Gasteiger partial charge is 0.453 e. The van der Waals surface area contributed by atoms with Gasteiger partial charge in [0.05, 0.1) is 12.5 Å². The standard InChI is InChI=1S/C17H17F3N6O/c1-9(12-5-4-6-21-8-12)22-14(27)7-13-10(2)23-16-24-15(17(18,19)20)25-26(16)11(13)3/h4-6,8-9H,7H2,1-3H3,(H,22,27)/t9-/m0/s1. The Balaban J connectivity index is 1.85. The molecule has 0 aromatic carbocycles. The van der Waals surface area contributed by atoms with E-state index < -0.39 is 12.0 Å². The molecule has 0 aliphatic heterocycles. The molecule has 0 radical (unpaired) electrons. The van der Waals surface area contributed by atoms with Crippen LogP contribution in [0.4, 0.5) is 13.2 Å². The molecule has 0 bridgehead atoms. The van der Waals surface area contributed by atoms with Gasteiger partial charge in [0.1, 0.15) is 0 Å². The van der Waals surface area contributed by atoms with Crippen molar-refractivity contribution in [3.05, 3.63) is 52.9 Å². The fraction of sp³-hybridized carbons (Fsp3) is 0.353. The first kappa shape index (κ1) is 18.7. The first-order valence-corrected chi connectivity index (χ1v) is 8.16. The number of aryl methyl sites for hydroxylation is 2. The molecular weight excluding hydrogens is 361 g/mol. The van der Waals surface area contributed by atoms with Crippen molar-refractivity contribution in [3.63, 3.8) is 0 Å². The smallest absolute Gasteiger partial charge is 0.349 e. The third kappa shape index (κ3) is 3.88. The van der Waals surface area contributed by atoms with Crippen LogP contribution >= 0.6 is 0 Å². The Labute approximate surface area is 152 Å². The normalized spacial score (nSPS) is 13.0.